The molecule has 0 saturated carbocycles. The Morgan fingerprint density at radius 1 is 1.14 bits per heavy atom. The summed E-state index contributed by atoms with van der Waals surface area (Å²) < 4.78 is -0.0356. The van der Waals surface area contributed by atoms with Gasteiger partial charge >= 0.3 is 7.12 Å². The van der Waals surface area contributed by atoms with E-state index in [1.165, 1.54) is 4.90 Å². The normalized spacial score (nSPS) is 17.1. The fourth-order valence-electron chi connectivity index (χ4n) is 4.05. The van der Waals surface area contributed by atoms with Crippen LogP contribution in [-0.4, -0.2) is 74.4 Å². The monoisotopic (exact) mass is 615 g/mol. The Kier molecular flexibility index (Phi) is 12.9. The van der Waals surface area contributed by atoms with Crippen molar-refractivity contribution >= 4 is 63.0 Å². The number of carbonyl (C=O) groups excluding carboxylic acids is 4. The first-order valence-corrected chi connectivity index (χ1v) is 13.6. The first kappa shape index (κ1) is 29.5. The van der Waals surface area contributed by atoms with Gasteiger partial charge in [-0.05, 0) is 37.7 Å². The van der Waals surface area contributed by atoms with Gasteiger partial charge in [-0.1, -0.05) is 62.2 Å². The fraction of sp³-hybridized carbons (Fsp3) is 0.565. The second kappa shape index (κ2) is 15.4. The lowest BCUT2D eigenvalue weighted by Gasteiger charge is -2.30. The average molecular weight is 617 g/mol. The molecule has 1 heterocycles. The highest BCUT2D eigenvalue weighted by Gasteiger charge is 2.39. The molecule has 1 aromatic rings. The summed E-state index contributed by atoms with van der Waals surface area (Å²) in [5.41, 5.74) is 0.863. The summed E-state index contributed by atoms with van der Waals surface area (Å²) in [5.74, 6) is -2.03. The third-order valence-corrected chi connectivity index (χ3v) is 6.78. The molecule has 9 nitrogen and oxygen atoms in total. The fourth-order valence-corrected chi connectivity index (χ4v) is 4.57. The van der Waals surface area contributed by atoms with Crippen molar-refractivity contribution in [1.82, 2.24) is 15.5 Å². The predicted molar refractivity (Wildman–Crippen MR) is 140 cm³/mol. The van der Waals surface area contributed by atoms with E-state index in [2.05, 4.69) is 42.5 Å². The van der Waals surface area contributed by atoms with Gasteiger partial charge in [0.25, 0.3) is 0 Å². The van der Waals surface area contributed by atoms with Gasteiger partial charge in [-0.25, -0.2) is 0 Å². The Hall–Kier alpha value is -1.76. The largest absolute Gasteiger partial charge is 0.475 e. The molecule has 0 spiro atoms. The van der Waals surface area contributed by atoms with Crippen LogP contribution >= 0.6 is 31.9 Å². The number of nitrogens with zero attached hydrogens (tertiary/aromatic N) is 1. The lowest BCUT2D eigenvalue weighted by Crippen LogP contribution is -2.56. The van der Waals surface area contributed by atoms with Crippen LogP contribution in [0.25, 0.3) is 0 Å². The zero-order chi connectivity index (χ0) is 25.8. The van der Waals surface area contributed by atoms with Crippen molar-refractivity contribution in [2.45, 2.75) is 73.1 Å². The zero-order valence-electron chi connectivity index (χ0n) is 19.4. The zero-order valence-corrected chi connectivity index (χ0v) is 22.6. The van der Waals surface area contributed by atoms with Crippen molar-refractivity contribution in [2.75, 3.05) is 6.54 Å². The molecule has 3 atom stereocenters. The van der Waals surface area contributed by atoms with Crippen LogP contribution in [-0.2, 0) is 25.6 Å². The molecule has 1 aliphatic heterocycles. The van der Waals surface area contributed by atoms with Crippen LogP contribution in [0.5, 0.6) is 0 Å². The molecule has 0 bridgehead atoms. The number of likely N-dealkylation sites (tertiary alicyclic amines) is 1. The molecule has 3 amide bonds. The number of unbranched alkanes of at least 4 members (excludes halogenated alkanes) is 1. The van der Waals surface area contributed by atoms with Gasteiger partial charge in [-0.2, -0.15) is 0 Å². The summed E-state index contributed by atoms with van der Waals surface area (Å²) in [6.07, 6.45) is 3.72. The van der Waals surface area contributed by atoms with Gasteiger partial charge in [0.05, 0.1) is 9.68 Å². The van der Waals surface area contributed by atoms with E-state index < -0.39 is 31.1 Å². The SMILES string of the molecule is O=CCCCC(=O)N[C@@H](Cc1ccccc1)C(=O)N1CCC[C@H]1C(=O)N[C@@H](CCC(Br)Br)B(O)O. The van der Waals surface area contributed by atoms with Gasteiger partial charge < -0.3 is 30.4 Å². The van der Waals surface area contributed by atoms with Crippen LogP contribution in [0.3, 0.4) is 0 Å². The maximum absolute atomic E-state index is 13.5. The van der Waals surface area contributed by atoms with E-state index in [1.807, 2.05) is 30.3 Å². The molecule has 2 rings (SSSR count). The second-order valence-electron chi connectivity index (χ2n) is 8.56. The number of hydrogen-bond acceptors (Lipinski definition) is 6. The number of hydrogen-bond donors (Lipinski definition) is 4. The minimum atomic E-state index is -1.74. The first-order chi connectivity index (χ1) is 16.7. The highest BCUT2D eigenvalue weighted by molar-refractivity contribution is 9.24. The Morgan fingerprint density at radius 3 is 2.49 bits per heavy atom. The van der Waals surface area contributed by atoms with E-state index in [0.29, 0.717) is 38.6 Å². The minimum Gasteiger partial charge on any atom is -0.426 e. The van der Waals surface area contributed by atoms with Crippen molar-refractivity contribution in [3.63, 3.8) is 0 Å². The van der Waals surface area contributed by atoms with Gasteiger partial charge in [0, 0.05) is 25.8 Å². The smallest absolute Gasteiger partial charge is 0.426 e. The van der Waals surface area contributed by atoms with Gasteiger partial charge in [0.2, 0.25) is 17.7 Å². The van der Waals surface area contributed by atoms with Crippen molar-refractivity contribution in [3.8, 4) is 0 Å². The van der Waals surface area contributed by atoms with E-state index >= 15 is 0 Å². The lowest BCUT2D eigenvalue weighted by atomic mass is 9.76. The number of rotatable bonds is 14. The predicted octanol–water partition coefficient (Wildman–Crippen LogP) is 1.47. The molecule has 192 valence electrons. The number of carbonyl (C=O) groups is 4. The molecule has 0 unspecified atom stereocenters. The Bertz CT molecular complexity index is 846. The van der Waals surface area contributed by atoms with Gasteiger partial charge in [0.1, 0.15) is 18.4 Å². The summed E-state index contributed by atoms with van der Waals surface area (Å²) in [7, 11) is -1.74. The maximum atomic E-state index is 13.5. The highest BCUT2D eigenvalue weighted by atomic mass is 79.9. The molecule has 0 aromatic heterocycles. The molecule has 1 saturated heterocycles. The van der Waals surface area contributed by atoms with Crippen LogP contribution in [0.4, 0.5) is 0 Å². The molecular weight excluding hydrogens is 585 g/mol. The second-order valence-corrected chi connectivity index (χ2v) is 12.0. The summed E-state index contributed by atoms with van der Waals surface area (Å²) in [4.78, 5) is 51.0. The molecule has 1 fully saturated rings. The van der Waals surface area contributed by atoms with E-state index in [0.717, 1.165) is 11.8 Å². The Morgan fingerprint density at radius 2 is 1.86 bits per heavy atom. The summed E-state index contributed by atoms with van der Waals surface area (Å²) in [5, 5.41) is 24.8. The summed E-state index contributed by atoms with van der Waals surface area (Å²) >= 11 is 6.66. The van der Waals surface area contributed by atoms with Crippen molar-refractivity contribution in [3.05, 3.63) is 35.9 Å². The molecule has 1 aromatic carbocycles. The number of aldehydes is 1. The summed E-state index contributed by atoms with van der Waals surface area (Å²) in [6.45, 7) is 0.362. The number of amides is 3. The molecule has 4 N–H and O–H groups in total. The minimum absolute atomic E-state index is 0.0356. The third-order valence-electron chi connectivity index (χ3n) is 5.86. The number of nitrogens with one attached hydrogen (secondary N) is 2. The number of alkyl halides is 2. The van der Waals surface area contributed by atoms with Gasteiger partial charge in [0.15, 0.2) is 0 Å². The molecule has 35 heavy (non-hydrogen) atoms. The molecule has 0 aliphatic carbocycles. The van der Waals surface area contributed by atoms with Crippen LogP contribution < -0.4 is 10.6 Å². The number of benzene rings is 1. The lowest BCUT2D eigenvalue weighted by molar-refractivity contribution is -0.141. The highest BCUT2D eigenvalue weighted by Crippen LogP contribution is 2.21. The van der Waals surface area contributed by atoms with E-state index in [-0.39, 0.29) is 34.8 Å². The third kappa shape index (κ3) is 10.0. The van der Waals surface area contributed by atoms with Crippen LogP contribution in [0.2, 0.25) is 0 Å². The quantitative estimate of drug-likeness (QED) is 0.108. The van der Waals surface area contributed by atoms with Crippen molar-refractivity contribution < 1.29 is 29.2 Å². The van der Waals surface area contributed by atoms with Crippen LogP contribution in [0.15, 0.2) is 30.3 Å². The standard InChI is InChI=1S/C23H32BBr2N3O6/c25-20(26)12-11-19(24(34)35)28-22(32)18-9-6-13-29(18)23(33)17(15-16-7-2-1-3-8-16)27-21(31)10-4-5-14-30/h1-3,7-8,14,17-20,34-35H,4-6,9-13,15H2,(H,27,31)(H,28,32)/t17-,18-,19-/m0/s1. The van der Waals surface area contributed by atoms with E-state index in [4.69, 9.17) is 0 Å². The van der Waals surface area contributed by atoms with Crippen LogP contribution in [0, 0.1) is 0 Å². The van der Waals surface area contributed by atoms with Crippen molar-refractivity contribution in [2.24, 2.45) is 0 Å². The van der Waals surface area contributed by atoms with Crippen LogP contribution in [0.1, 0.15) is 50.5 Å². The first-order valence-electron chi connectivity index (χ1n) is 11.7. The molecule has 1 aliphatic rings. The summed E-state index contributed by atoms with van der Waals surface area (Å²) in [6, 6.07) is 7.65. The Balaban J connectivity index is 2.12. The van der Waals surface area contributed by atoms with Crippen molar-refractivity contribution in [1.29, 1.82) is 0 Å². The maximum Gasteiger partial charge on any atom is 0.475 e. The topological polar surface area (TPSA) is 136 Å². The number of halogens is 2. The Labute approximate surface area is 222 Å². The van der Waals surface area contributed by atoms with Gasteiger partial charge in [-0.3, -0.25) is 14.4 Å². The van der Waals surface area contributed by atoms with Gasteiger partial charge in [-0.15, -0.1) is 0 Å². The molecular formula is C23H32BBr2N3O6. The average Bonchev–Trinajstić information content (AvgIpc) is 3.31. The van der Waals surface area contributed by atoms with E-state index in [9.17, 15) is 29.2 Å². The molecule has 12 heteroatoms. The molecule has 0 radical (unpaired) electrons. The van der Waals surface area contributed by atoms with E-state index in [1.54, 1.807) is 0 Å².